The first kappa shape index (κ1) is 18.8. The zero-order valence-electron chi connectivity index (χ0n) is 14.9. The number of benzene rings is 2. The Morgan fingerprint density at radius 1 is 0.704 bits per heavy atom. The van der Waals surface area contributed by atoms with E-state index < -0.39 is 10.0 Å². The second-order valence-corrected chi connectivity index (χ2v) is 7.96. The summed E-state index contributed by atoms with van der Waals surface area (Å²) in [6.45, 7) is 0.723. The summed E-state index contributed by atoms with van der Waals surface area (Å²) in [5, 5.41) is 11.1. The predicted molar refractivity (Wildman–Crippen MR) is 108 cm³/mol. The highest BCUT2D eigenvalue weighted by Crippen LogP contribution is 2.10. The fourth-order valence-corrected chi connectivity index (χ4v) is 3.60. The highest BCUT2D eigenvalue weighted by molar-refractivity contribution is 7.92. The summed E-state index contributed by atoms with van der Waals surface area (Å²) >= 11 is 0. The lowest BCUT2D eigenvalue weighted by molar-refractivity contribution is 0.600. The zero-order chi connectivity index (χ0) is 19.0. The van der Waals surface area contributed by atoms with Gasteiger partial charge in [0.15, 0.2) is 5.82 Å². The summed E-state index contributed by atoms with van der Waals surface area (Å²) < 4.78 is 26.9. The second kappa shape index (κ2) is 9.14. The molecular formula is C20H22N4O2S. The highest BCUT2D eigenvalue weighted by Gasteiger charge is 2.12. The van der Waals surface area contributed by atoms with Crippen LogP contribution in [-0.2, 0) is 22.9 Å². The predicted octanol–water partition coefficient (Wildman–Crippen LogP) is 3.12. The molecule has 6 nitrogen and oxygen atoms in total. The molecule has 3 aromatic rings. The molecule has 0 saturated heterocycles. The van der Waals surface area contributed by atoms with Crippen LogP contribution in [0.5, 0.6) is 0 Å². The van der Waals surface area contributed by atoms with Crippen LogP contribution in [0.4, 0.5) is 11.6 Å². The molecule has 0 aliphatic rings. The van der Waals surface area contributed by atoms with Crippen molar-refractivity contribution in [3.8, 4) is 0 Å². The van der Waals surface area contributed by atoms with Gasteiger partial charge in [-0.15, -0.1) is 10.2 Å². The van der Waals surface area contributed by atoms with E-state index in [4.69, 9.17) is 0 Å². The molecule has 2 N–H and O–H groups in total. The van der Waals surface area contributed by atoms with Gasteiger partial charge < -0.3 is 5.32 Å². The van der Waals surface area contributed by atoms with Crippen LogP contribution in [0.25, 0.3) is 0 Å². The van der Waals surface area contributed by atoms with Crippen molar-refractivity contribution >= 4 is 21.7 Å². The number of rotatable bonds is 9. The van der Waals surface area contributed by atoms with E-state index in [1.807, 2.05) is 48.5 Å². The van der Waals surface area contributed by atoms with Crippen LogP contribution in [0.3, 0.4) is 0 Å². The molecule has 0 fully saturated rings. The van der Waals surface area contributed by atoms with Crippen LogP contribution in [0.15, 0.2) is 72.8 Å². The van der Waals surface area contributed by atoms with Crippen LogP contribution in [0, 0.1) is 0 Å². The topological polar surface area (TPSA) is 84.0 Å². The molecule has 3 rings (SSSR count). The molecule has 0 bridgehead atoms. The van der Waals surface area contributed by atoms with Crippen LogP contribution in [0.1, 0.15) is 11.1 Å². The molecule has 0 aliphatic heterocycles. The lowest BCUT2D eigenvalue weighted by Crippen LogP contribution is -2.19. The Kier molecular flexibility index (Phi) is 6.38. The number of nitrogens with zero attached hydrogens (tertiary/aromatic N) is 2. The number of hydrogen-bond donors (Lipinski definition) is 2. The maximum absolute atomic E-state index is 12.2. The molecule has 140 valence electrons. The van der Waals surface area contributed by atoms with Gasteiger partial charge in [0.25, 0.3) is 0 Å². The Balaban J connectivity index is 1.47. The standard InChI is InChI=1S/C20H22N4O2S/c25-27(26,16-14-18-9-5-2-6-10-18)24-20-12-11-19(22-23-20)21-15-13-17-7-3-1-4-8-17/h1-12H,13-16H2,(H,21,22)(H,23,24). The summed E-state index contributed by atoms with van der Waals surface area (Å²) in [5.74, 6) is 0.824. The van der Waals surface area contributed by atoms with E-state index in [9.17, 15) is 8.42 Å². The minimum absolute atomic E-state index is 0.00420. The van der Waals surface area contributed by atoms with Crippen molar-refractivity contribution in [1.29, 1.82) is 0 Å². The molecule has 0 saturated carbocycles. The molecule has 0 unspecified atom stereocenters. The SMILES string of the molecule is O=S(=O)(CCc1ccccc1)Nc1ccc(NCCc2ccccc2)nn1. The van der Waals surface area contributed by atoms with Gasteiger partial charge in [-0.1, -0.05) is 60.7 Å². The van der Waals surface area contributed by atoms with Crippen molar-refractivity contribution < 1.29 is 8.42 Å². The molecule has 0 spiro atoms. The third-order valence-electron chi connectivity index (χ3n) is 3.99. The van der Waals surface area contributed by atoms with E-state index in [1.165, 1.54) is 5.56 Å². The molecule has 0 amide bonds. The van der Waals surface area contributed by atoms with Crippen molar-refractivity contribution in [1.82, 2.24) is 10.2 Å². The fourth-order valence-electron chi connectivity index (χ4n) is 2.57. The van der Waals surface area contributed by atoms with Crippen molar-refractivity contribution in [2.45, 2.75) is 12.8 Å². The normalized spacial score (nSPS) is 11.1. The van der Waals surface area contributed by atoms with E-state index in [2.05, 4.69) is 32.4 Å². The van der Waals surface area contributed by atoms with Crippen LogP contribution in [0.2, 0.25) is 0 Å². The van der Waals surface area contributed by atoms with E-state index >= 15 is 0 Å². The van der Waals surface area contributed by atoms with E-state index in [-0.39, 0.29) is 11.6 Å². The summed E-state index contributed by atoms with van der Waals surface area (Å²) in [7, 11) is -3.47. The first-order chi connectivity index (χ1) is 13.1. The lowest BCUT2D eigenvalue weighted by Gasteiger charge is -2.08. The second-order valence-electron chi connectivity index (χ2n) is 6.12. The first-order valence-corrected chi connectivity index (χ1v) is 10.4. The number of sulfonamides is 1. The van der Waals surface area contributed by atoms with Gasteiger partial charge in [0.1, 0.15) is 5.82 Å². The number of aryl methyl sites for hydroxylation is 1. The van der Waals surface area contributed by atoms with Crippen molar-refractivity contribution in [3.05, 3.63) is 83.9 Å². The van der Waals surface area contributed by atoms with Crippen LogP contribution in [-0.4, -0.2) is 30.9 Å². The lowest BCUT2D eigenvalue weighted by atomic mass is 10.1. The summed E-state index contributed by atoms with van der Waals surface area (Å²) in [6, 6.07) is 23.0. The number of hydrogen-bond acceptors (Lipinski definition) is 5. The molecule has 1 aromatic heterocycles. The molecule has 0 aliphatic carbocycles. The first-order valence-electron chi connectivity index (χ1n) is 8.77. The minimum atomic E-state index is -3.47. The Hall–Kier alpha value is -2.93. The molecule has 0 atom stereocenters. The van der Waals surface area contributed by atoms with Gasteiger partial charge in [0, 0.05) is 6.54 Å². The average molecular weight is 382 g/mol. The van der Waals surface area contributed by atoms with E-state index in [0.717, 1.165) is 18.5 Å². The third-order valence-corrected chi connectivity index (χ3v) is 5.25. The van der Waals surface area contributed by atoms with Gasteiger partial charge in [-0.3, -0.25) is 4.72 Å². The molecule has 7 heteroatoms. The number of nitrogens with one attached hydrogen (secondary N) is 2. The third kappa shape index (κ3) is 6.38. The fraction of sp³-hybridized carbons (Fsp3) is 0.200. The molecule has 27 heavy (non-hydrogen) atoms. The van der Waals surface area contributed by atoms with Crippen LogP contribution < -0.4 is 10.0 Å². The van der Waals surface area contributed by atoms with Gasteiger partial charge >= 0.3 is 0 Å². The van der Waals surface area contributed by atoms with Crippen molar-refractivity contribution in [2.24, 2.45) is 0 Å². The maximum Gasteiger partial charge on any atom is 0.234 e. The van der Waals surface area contributed by atoms with Crippen molar-refractivity contribution in [3.63, 3.8) is 0 Å². The highest BCUT2D eigenvalue weighted by atomic mass is 32.2. The van der Waals surface area contributed by atoms with Gasteiger partial charge in [-0.2, -0.15) is 0 Å². The zero-order valence-corrected chi connectivity index (χ0v) is 15.7. The Bertz CT molecular complexity index is 931. The number of aromatic nitrogens is 2. The quantitative estimate of drug-likeness (QED) is 0.594. The van der Waals surface area contributed by atoms with E-state index in [1.54, 1.807) is 12.1 Å². The molecule has 0 radical (unpaired) electrons. The minimum Gasteiger partial charge on any atom is -0.368 e. The summed E-state index contributed by atoms with van der Waals surface area (Å²) in [4.78, 5) is 0. The number of anilines is 2. The van der Waals surface area contributed by atoms with E-state index in [0.29, 0.717) is 12.2 Å². The monoisotopic (exact) mass is 382 g/mol. The summed E-state index contributed by atoms with van der Waals surface area (Å²) in [6.07, 6.45) is 1.32. The van der Waals surface area contributed by atoms with Gasteiger partial charge in [0.2, 0.25) is 10.0 Å². The largest absolute Gasteiger partial charge is 0.368 e. The molecule has 2 aromatic carbocycles. The smallest absolute Gasteiger partial charge is 0.234 e. The van der Waals surface area contributed by atoms with Crippen LogP contribution >= 0.6 is 0 Å². The van der Waals surface area contributed by atoms with Crippen molar-refractivity contribution in [2.75, 3.05) is 22.3 Å². The Morgan fingerprint density at radius 2 is 1.26 bits per heavy atom. The Labute approximate surface area is 159 Å². The molecular weight excluding hydrogens is 360 g/mol. The average Bonchev–Trinajstić information content (AvgIpc) is 2.69. The molecule has 1 heterocycles. The summed E-state index contributed by atoms with van der Waals surface area (Å²) in [5.41, 5.74) is 2.22. The Morgan fingerprint density at radius 3 is 1.85 bits per heavy atom. The van der Waals surface area contributed by atoms with Gasteiger partial charge in [-0.25, -0.2) is 8.42 Å². The van der Waals surface area contributed by atoms with Gasteiger partial charge in [-0.05, 0) is 36.1 Å². The maximum atomic E-state index is 12.2. The van der Waals surface area contributed by atoms with Gasteiger partial charge in [0.05, 0.1) is 5.75 Å².